The van der Waals surface area contributed by atoms with E-state index >= 15 is 0 Å². The number of piperidine rings is 1. The summed E-state index contributed by atoms with van der Waals surface area (Å²) in [6.07, 6.45) is 3.04. The molecular formula is C20H31N3O4. The molecule has 3 atom stereocenters. The molecule has 0 spiro atoms. The zero-order valence-electron chi connectivity index (χ0n) is 16.9. The van der Waals surface area contributed by atoms with Gasteiger partial charge in [0.1, 0.15) is 0 Å². The number of benzene rings is 1. The molecule has 1 aromatic carbocycles. The summed E-state index contributed by atoms with van der Waals surface area (Å²) in [5.41, 5.74) is 6.40. The van der Waals surface area contributed by atoms with Crippen LogP contribution in [0.15, 0.2) is 12.1 Å². The molecule has 1 aliphatic rings. The topological polar surface area (TPSA) is 93.9 Å². The van der Waals surface area contributed by atoms with Gasteiger partial charge in [0, 0.05) is 30.6 Å². The molecule has 1 aromatic rings. The van der Waals surface area contributed by atoms with Gasteiger partial charge in [0.15, 0.2) is 11.5 Å². The highest BCUT2D eigenvalue weighted by Crippen LogP contribution is 2.36. The zero-order valence-corrected chi connectivity index (χ0v) is 16.9. The monoisotopic (exact) mass is 377 g/mol. The first-order valence-electron chi connectivity index (χ1n) is 9.43. The second-order valence-electron chi connectivity index (χ2n) is 7.22. The Morgan fingerprint density at radius 3 is 2.26 bits per heavy atom. The molecule has 0 bridgehead atoms. The van der Waals surface area contributed by atoms with Gasteiger partial charge in [-0.05, 0) is 39.2 Å². The Hall–Kier alpha value is -2.28. The van der Waals surface area contributed by atoms with Crippen LogP contribution >= 0.6 is 0 Å². The Balaban J connectivity index is 2.48. The van der Waals surface area contributed by atoms with Crippen LogP contribution in [-0.2, 0) is 4.79 Å². The predicted molar refractivity (Wildman–Crippen MR) is 105 cm³/mol. The lowest BCUT2D eigenvalue weighted by Crippen LogP contribution is -2.47. The number of likely N-dealkylation sites (tertiary alicyclic amines) is 1. The average molecular weight is 377 g/mol. The van der Waals surface area contributed by atoms with E-state index in [1.54, 1.807) is 19.1 Å². The third-order valence-electron chi connectivity index (χ3n) is 5.24. The molecule has 2 amide bonds. The molecule has 0 saturated carbocycles. The third kappa shape index (κ3) is 4.53. The zero-order chi connectivity index (χ0) is 20.1. The maximum absolute atomic E-state index is 13.4. The van der Waals surface area contributed by atoms with Crippen molar-refractivity contribution in [2.45, 2.75) is 52.1 Å². The Labute approximate surface area is 161 Å². The summed E-state index contributed by atoms with van der Waals surface area (Å²) >= 11 is 0. The van der Waals surface area contributed by atoms with Crippen molar-refractivity contribution < 1.29 is 19.1 Å². The molecule has 1 saturated heterocycles. The summed E-state index contributed by atoms with van der Waals surface area (Å²) in [4.78, 5) is 27.7. The van der Waals surface area contributed by atoms with Crippen LogP contribution in [0.3, 0.4) is 0 Å². The van der Waals surface area contributed by atoms with Gasteiger partial charge < -0.3 is 25.4 Å². The molecule has 1 heterocycles. The molecule has 7 heteroatoms. The lowest BCUT2D eigenvalue weighted by atomic mass is 9.96. The fourth-order valence-electron chi connectivity index (χ4n) is 3.48. The summed E-state index contributed by atoms with van der Waals surface area (Å²) in [5.74, 6) is 0.172. The first-order chi connectivity index (χ1) is 12.8. The number of ether oxygens (including phenoxy) is 2. The number of carbonyl (C=O) groups is 2. The van der Waals surface area contributed by atoms with E-state index in [-0.39, 0.29) is 36.4 Å². The van der Waals surface area contributed by atoms with E-state index in [0.29, 0.717) is 22.7 Å². The molecule has 2 rings (SSSR count). The average Bonchev–Trinajstić information content (AvgIpc) is 2.66. The van der Waals surface area contributed by atoms with Crippen molar-refractivity contribution in [3.8, 4) is 11.5 Å². The van der Waals surface area contributed by atoms with Gasteiger partial charge in [0.05, 0.1) is 25.5 Å². The minimum Gasteiger partial charge on any atom is -0.493 e. The standard InChI is InChI=1S/C20H31N3O4/c1-12(11-21)19(24)22-16-10-18(27-5)17(26-4)9-15(16)20(25)23-13(2)7-6-8-14(23)3/h9-10,12-14H,6-8,11,21H2,1-5H3,(H,22,24). The maximum Gasteiger partial charge on any atom is 0.256 e. The van der Waals surface area contributed by atoms with Crippen molar-refractivity contribution in [3.05, 3.63) is 17.7 Å². The van der Waals surface area contributed by atoms with Gasteiger partial charge in [-0.2, -0.15) is 0 Å². The number of rotatable bonds is 6. The minimum atomic E-state index is -0.367. The van der Waals surface area contributed by atoms with E-state index in [9.17, 15) is 9.59 Å². The fraction of sp³-hybridized carbons (Fsp3) is 0.600. The number of amides is 2. The Morgan fingerprint density at radius 2 is 1.74 bits per heavy atom. The normalized spacial score (nSPS) is 20.7. The number of methoxy groups -OCH3 is 2. The summed E-state index contributed by atoms with van der Waals surface area (Å²) in [7, 11) is 3.04. The summed E-state index contributed by atoms with van der Waals surface area (Å²) in [6.45, 7) is 6.08. The van der Waals surface area contributed by atoms with Crippen molar-refractivity contribution in [2.24, 2.45) is 11.7 Å². The maximum atomic E-state index is 13.4. The summed E-state index contributed by atoms with van der Waals surface area (Å²) in [6, 6.07) is 3.55. The fourth-order valence-corrected chi connectivity index (χ4v) is 3.48. The minimum absolute atomic E-state index is 0.119. The van der Waals surface area contributed by atoms with Crippen LogP contribution in [-0.4, -0.2) is 49.6 Å². The summed E-state index contributed by atoms with van der Waals surface area (Å²) < 4.78 is 10.7. The highest BCUT2D eigenvalue weighted by Gasteiger charge is 2.32. The molecule has 0 aromatic heterocycles. The number of hydrogen-bond donors (Lipinski definition) is 2. The van der Waals surface area contributed by atoms with E-state index in [1.807, 2.05) is 4.90 Å². The van der Waals surface area contributed by atoms with Crippen LogP contribution < -0.4 is 20.5 Å². The van der Waals surface area contributed by atoms with E-state index < -0.39 is 0 Å². The number of nitrogens with zero attached hydrogens (tertiary/aromatic N) is 1. The number of hydrogen-bond acceptors (Lipinski definition) is 5. The highest BCUT2D eigenvalue weighted by atomic mass is 16.5. The van der Waals surface area contributed by atoms with E-state index in [2.05, 4.69) is 19.2 Å². The van der Waals surface area contributed by atoms with Crippen molar-refractivity contribution in [1.82, 2.24) is 4.90 Å². The SMILES string of the molecule is COc1cc(NC(=O)C(C)CN)c(C(=O)N2C(C)CCCC2C)cc1OC. The Morgan fingerprint density at radius 1 is 1.19 bits per heavy atom. The molecule has 3 N–H and O–H groups in total. The first-order valence-corrected chi connectivity index (χ1v) is 9.43. The summed E-state index contributed by atoms with van der Waals surface area (Å²) in [5, 5.41) is 2.83. The molecule has 0 aliphatic carbocycles. The first kappa shape index (κ1) is 21.0. The van der Waals surface area contributed by atoms with Gasteiger partial charge in [0.25, 0.3) is 5.91 Å². The van der Waals surface area contributed by atoms with Gasteiger partial charge in [0.2, 0.25) is 5.91 Å². The smallest absolute Gasteiger partial charge is 0.256 e. The van der Waals surface area contributed by atoms with Crippen LogP contribution in [0.2, 0.25) is 0 Å². The van der Waals surface area contributed by atoms with Crippen LogP contribution in [0.5, 0.6) is 11.5 Å². The van der Waals surface area contributed by atoms with Gasteiger partial charge in [-0.1, -0.05) is 6.92 Å². The number of anilines is 1. The number of carbonyl (C=O) groups excluding carboxylic acids is 2. The second-order valence-corrected chi connectivity index (χ2v) is 7.22. The van der Waals surface area contributed by atoms with E-state index in [0.717, 1.165) is 19.3 Å². The second kappa shape index (κ2) is 9.08. The highest BCUT2D eigenvalue weighted by molar-refractivity contribution is 6.05. The predicted octanol–water partition coefficient (Wildman–Crippen LogP) is 2.64. The number of nitrogens with two attached hydrogens (primary N) is 1. The van der Waals surface area contributed by atoms with Gasteiger partial charge >= 0.3 is 0 Å². The Kier molecular flexibility index (Phi) is 7.07. The van der Waals surface area contributed by atoms with Crippen LogP contribution in [0, 0.1) is 5.92 Å². The molecule has 1 fully saturated rings. The molecule has 3 unspecified atom stereocenters. The molecule has 7 nitrogen and oxygen atoms in total. The van der Waals surface area contributed by atoms with Crippen molar-refractivity contribution in [3.63, 3.8) is 0 Å². The number of nitrogens with one attached hydrogen (secondary N) is 1. The lowest BCUT2D eigenvalue weighted by molar-refractivity contribution is -0.119. The third-order valence-corrected chi connectivity index (χ3v) is 5.24. The largest absolute Gasteiger partial charge is 0.493 e. The molecule has 150 valence electrons. The van der Waals surface area contributed by atoms with Gasteiger partial charge in [-0.25, -0.2) is 0 Å². The van der Waals surface area contributed by atoms with Gasteiger partial charge in [-0.3, -0.25) is 9.59 Å². The molecule has 1 aliphatic heterocycles. The quantitative estimate of drug-likeness (QED) is 0.795. The van der Waals surface area contributed by atoms with Crippen LogP contribution in [0.25, 0.3) is 0 Å². The van der Waals surface area contributed by atoms with Crippen molar-refractivity contribution in [1.29, 1.82) is 0 Å². The molecule has 27 heavy (non-hydrogen) atoms. The lowest BCUT2D eigenvalue weighted by Gasteiger charge is -2.39. The van der Waals surface area contributed by atoms with Crippen molar-refractivity contribution in [2.75, 3.05) is 26.1 Å². The van der Waals surface area contributed by atoms with Crippen LogP contribution in [0.4, 0.5) is 5.69 Å². The van der Waals surface area contributed by atoms with E-state index in [4.69, 9.17) is 15.2 Å². The van der Waals surface area contributed by atoms with Gasteiger partial charge in [-0.15, -0.1) is 0 Å². The van der Waals surface area contributed by atoms with E-state index in [1.165, 1.54) is 14.2 Å². The molecular weight excluding hydrogens is 346 g/mol. The Bertz CT molecular complexity index is 682. The van der Waals surface area contributed by atoms with Crippen LogP contribution in [0.1, 0.15) is 50.4 Å². The van der Waals surface area contributed by atoms with Crippen molar-refractivity contribution >= 4 is 17.5 Å². The molecule has 0 radical (unpaired) electrons.